The number of benzene rings is 1. The summed E-state index contributed by atoms with van der Waals surface area (Å²) in [6.07, 6.45) is 2.18. The Labute approximate surface area is 128 Å². The van der Waals surface area contributed by atoms with Crippen LogP contribution in [0.2, 0.25) is 0 Å². The quantitative estimate of drug-likeness (QED) is 0.833. The lowest BCUT2D eigenvalue weighted by Gasteiger charge is -2.29. The number of aromatic nitrogens is 2. The zero-order chi connectivity index (χ0) is 15.5. The van der Waals surface area contributed by atoms with Crippen molar-refractivity contribution in [3.8, 4) is 0 Å². The number of para-hydroxylation sites is 1. The van der Waals surface area contributed by atoms with Crippen molar-refractivity contribution >= 4 is 10.9 Å². The van der Waals surface area contributed by atoms with Gasteiger partial charge in [0.25, 0.3) is 0 Å². The van der Waals surface area contributed by atoms with Gasteiger partial charge in [0, 0.05) is 24.5 Å². The van der Waals surface area contributed by atoms with E-state index in [4.69, 9.17) is 5.10 Å². The second-order valence-electron chi connectivity index (χ2n) is 6.66. The number of hydrogen-bond donors (Lipinski definition) is 1. The lowest BCUT2D eigenvalue weighted by atomic mass is 9.82. The van der Waals surface area contributed by atoms with Crippen LogP contribution in [0.15, 0.2) is 24.3 Å². The molecular formula is C18H29N3. The Bertz CT molecular complexity index is 585. The van der Waals surface area contributed by atoms with E-state index < -0.39 is 0 Å². The number of rotatable bonds is 7. The van der Waals surface area contributed by atoms with Crippen molar-refractivity contribution in [3.05, 3.63) is 30.0 Å². The second kappa shape index (κ2) is 6.61. The molecule has 1 atom stereocenters. The molecule has 1 heterocycles. The molecular weight excluding hydrogens is 258 g/mol. The summed E-state index contributed by atoms with van der Waals surface area (Å²) in [4.78, 5) is 0. The van der Waals surface area contributed by atoms with Crippen LogP contribution in [0.3, 0.4) is 0 Å². The molecule has 21 heavy (non-hydrogen) atoms. The third-order valence-corrected chi connectivity index (χ3v) is 4.42. The standard InChI is InChI=1S/C18H29N3/c1-6-18(5,13-19-14(3)4)12-16-15-10-8-9-11-17(15)21(7-2)20-16/h8-11,14,19H,6-7,12-13H2,1-5H3. The Hall–Kier alpha value is -1.35. The SMILES string of the molecule is CCn1nc(CC(C)(CC)CNC(C)C)c2ccccc21. The first-order chi connectivity index (χ1) is 9.99. The van der Waals surface area contributed by atoms with Crippen molar-refractivity contribution in [1.29, 1.82) is 0 Å². The van der Waals surface area contributed by atoms with Gasteiger partial charge in [0.05, 0.1) is 11.2 Å². The van der Waals surface area contributed by atoms with Gasteiger partial charge in [0.15, 0.2) is 0 Å². The fraction of sp³-hybridized carbons (Fsp3) is 0.611. The molecule has 0 aliphatic rings. The number of nitrogens with one attached hydrogen (secondary N) is 1. The third-order valence-electron chi connectivity index (χ3n) is 4.42. The van der Waals surface area contributed by atoms with Crippen LogP contribution >= 0.6 is 0 Å². The molecule has 0 aliphatic carbocycles. The van der Waals surface area contributed by atoms with Crippen LogP contribution in [-0.2, 0) is 13.0 Å². The fourth-order valence-electron chi connectivity index (χ4n) is 2.74. The molecule has 0 fully saturated rings. The van der Waals surface area contributed by atoms with E-state index in [1.54, 1.807) is 0 Å². The van der Waals surface area contributed by atoms with Gasteiger partial charge in [-0.15, -0.1) is 0 Å². The maximum atomic E-state index is 4.86. The van der Waals surface area contributed by atoms with Gasteiger partial charge in [0.2, 0.25) is 0 Å². The highest BCUT2D eigenvalue weighted by molar-refractivity contribution is 5.82. The summed E-state index contributed by atoms with van der Waals surface area (Å²) >= 11 is 0. The van der Waals surface area contributed by atoms with Gasteiger partial charge in [-0.1, -0.05) is 45.9 Å². The topological polar surface area (TPSA) is 29.9 Å². The van der Waals surface area contributed by atoms with Crippen molar-refractivity contribution < 1.29 is 0 Å². The maximum Gasteiger partial charge on any atom is 0.0709 e. The van der Waals surface area contributed by atoms with Gasteiger partial charge < -0.3 is 5.32 Å². The lowest BCUT2D eigenvalue weighted by Crippen LogP contribution is -2.36. The molecule has 3 nitrogen and oxygen atoms in total. The van der Waals surface area contributed by atoms with Crippen molar-refractivity contribution in [1.82, 2.24) is 15.1 Å². The zero-order valence-electron chi connectivity index (χ0n) is 14.1. The first-order valence-electron chi connectivity index (χ1n) is 8.17. The van der Waals surface area contributed by atoms with Gasteiger partial charge >= 0.3 is 0 Å². The average Bonchev–Trinajstić information content (AvgIpc) is 2.83. The second-order valence-corrected chi connectivity index (χ2v) is 6.66. The summed E-state index contributed by atoms with van der Waals surface area (Å²) in [6.45, 7) is 13.2. The summed E-state index contributed by atoms with van der Waals surface area (Å²) in [5, 5.41) is 9.76. The Kier molecular flexibility index (Phi) is 5.04. The van der Waals surface area contributed by atoms with Crippen molar-refractivity contribution in [2.24, 2.45) is 5.41 Å². The highest BCUT2D eigenvalue weighted by Crippen LogP contribution is 2.29. The van der Waals surface area contributed by atoms with Gasteiger partial charge in [-0.3, -0.25) is 4.68 Å². The molecule has 1 N–H and O–H groups in total. The molecule has 0 radical (unpaired) electrons. The molecule has 3 heteroatoms. The number of aryl methyl sites for hydroxylation is 1. The summed E-state index contributed by atoms with van der Waals surface area (Å²) in [7, 11) is 0. The molecule has 116 valence electrons. The molecule has 1 aromatic heterocycles. The third kappa shape index (κ3) is 3.65. The summed E-state index contributed by atoms with van der Waals surface area (Å²) < 4.78 is 2.12. The van der Waals surface area contributed by atoms with E-state index in [0.717, 1.165) is 25.9 Å². The van der Waals surface area contributed by atoms with Gasteiger partial charge in [0.1, 0.15) is 0 Å². The molecule has 0 saturated heterocycles. The summed E-state index contributed by atoms with van der Waals surface area (Å²) in [5.41, 5.74) is 2.74. The normalized spacial score (nSPS) is 14.8. The predicted octanol–water partition coefficient (Wildman–Crippen LogP) is 4.01. The Balaban J connectivity index is 2.29. The van der Waals surface area contributed by atoms with Crippen LogP contribution in [0, 0.1) is 5.41 Å². The highest BCUT2D eigenvalue weighted by atomic mass is 15.3. The van der Waals surface area contributed by atoms with E-state index in [9.17, 15) is 0 Å². The maximum absolute atomic E-state index is 4.86. The van der Waals surface area contributed by atoms with Gasteiger partial charge in [-0.05, 0) is 31.2 Å². The van der Waals surface area contributed by atoms with E-state index in [-0.39, 0.29) is 5.41 Å². The largest absolute Gasteiger partial charge is 0.314 e. The van der Waals surface area contributed by atoms with Crippen LogP contribution < -0.4 is 5.32 Å². The lowest BCUT2D eigenvalue weighted by molar-refractivity contribution is 0.278. The predicted molar refractivity (Wildman–Crippen MR) is 90.6 cm³/mol. The Morgan fingerprint density at radius 2 is 1.95 bits per heavy atom. The first kappa shape index (κ1) is 16.0. The average molecular weight is 287 g/mol. The zero-order valence-corrected chi connectivity index (χ0v) is 14.1. The van der Waals surface area contributed by atoms with Gasteiger partial charge in [-0.25, -0.2) is 0 Å². The highest BCUT2D eigenvalue weighted by Gasteiger charge is 2.25. The first-order valence-corrected chi connectivity index (χ1v) is 8.17. The summed E-state index contributed by atoms with van der Waals surface area (Å²) in [5.74, 6) is 0. The van der Waals surface area contributed by atoms with Crippen LogP contribution in [-0.4, -0.2) is 22.4 Å². The molecule has 2 aromatic rings. The van der Waals surface area contributed by atoms with Crippen molar-refractivity contribution in [2.45, 2.75) is 60.0 Å². The molecule has 1 unspecified atom stereocenters. The number of fused-ring (bicyclic) bond motifs is 1. The molecule has 0 spiro atoms. The molecule has 1 aromatic carbocycles. The van der Waals surface area contributed by atoms with E-state index in [2.05, 4.69) is 68.9 Å². The fourth-order valence-corrected chi connectivity index (χ4v) is 2.74. The number of nitrogens with zero attached hydrogens (tertiary/aromatic N) is 2. The minimum absolute atomic E-state index is 0.250. The van der Waals surface area contributed by atoms with Crippen molar-refractivity contribution in [3.63, 3.8) is 0 Å². The smallest absolute Gasteiger partial charge is 0.0709 e. The minimum atomic E-state index is 0.250. The van der Waals surface area contributed by atoms with E-state index in [1.807, 2.05) is 0 Å². The summed E-state index contributed by atoms with van der Waals surface area (Å²) in [6, 6.07) is 9.12. The molecule has 2 rings (SSSR count). The van der Waals surface area contributed by atoms with Crippen LogP contribution in [0.1, 0.15) is 46.7 Å². The van der Waals surface area contributed by atoms with Crippen LogP contribution in [0.5, 0.6) is 0 Å². The Morgan fingerprint density at radius 1 is 1.24 bits per heavy atom. The molecule has 0 amide bonds. The van der Waals surface area contributed by atoms with E-state index in [0.29, 0.717) is 6.04 Å². The number of hydrogen-bond acceptors (Lipinski definition) is 2. The minimum Gasteiger partial charge on any atom is -0.314 e. The van der Waals surface area contributed by atoms with E-state index in [1.165, 1.54) is 16.6 Å². The van der Waals surface area contributed by atoms with Crippen LogP contribution in [0.25, 0.3) is 10.9 Å². The van der Waals surface area contributed by atoms with E-state index >= 15 is 0 Å². The van der Waals surface area contributed by atoms with Crippen LogP contribution in [0.4, 0.5) is 0 Å². The molecule has 0 saturated carbocycles. The monoisotopic (exact) mass is 287 g/mol. The Morgan fingerprint density at radius 3 is 2.57 bits per heavy atom. The van der Waals surface area contributed by atoms with Gasteiger partial charge in [-0.2, -0.15) is 5.10 Å². The molecule has 0 aliphatic heterocycles. The van der Waals surface area contributed by atoms with Crippen molar-refractivity contribution in [2.75, 3.05) is 6.54 Å². The molecule has 0 bridgehead atoms.